The molecule has 0 spiro atoms. The largest absolute Gasteiger partial charge is 0.387 e. The molecule has 4 atom stereocenters. The van der Waals surface area contributed by atoms with Gasteiger partial charge in [0.2, 0.25) is 5.84 Å². The minimum Gasteiger partial charge on any atom is -0.387 e. The van der Waals surface area contributed by atoms with Crippen molar-refractivity contribution >= 4 is 28.9 Å². The van der Waals surface area contributed by atoms with Crippen molar-refractivity contribution in [1.82, 2.24) is 14.6 Å². The molecule has 10 heteroatoms. The molecule has 5 heterocycles. The van der Waals surface area contributed by atoms with Crippen molar-refractivity contribution in [3.8, 4) is 0 Å². The van der Waals surface area contributed by atoms with Gasteiger partial charge in [0.05, 0.1) is 24.4 Å². The summed E-state index contributed by atoms with van der Waals surface area (Å²) in [5.74, 6) is -0.137. The fraction of sp³-hybridized carbons (Fsp3) is 0.550. The summed E-state index contributed by atoms with van der Waals surface area (Å²) in [6.45, 7) is 6.92. The number of carbonyl (C=O) groups excluding carboxylic acids is 1. The Balaban J connectivity index is 1.50. The number of aromatic nitrogens is 3. The summed E-state index contributed by atoms with van der Waals surface area (Å²) in [6.07, 6.45) is 3.96. The zero-order valence-corrected chi connectivity index (χ0v) is 17.1. The number of rotatable bonds is 3. The Labute approximate surface area is 173 Å². The summed E-state index contributed by atoms with van der Waals surface area (Å²) in [4.78, 5) is 22.3. The van der Waals surface area contributed by atoms with Crippen LogP contribution in [0, 0.1) is 30.1 Å². The molecule has 3 aliphatic heterocycles. The second-order valence-corrected chi connectivity index (χ2v) is 8.82. The number of carbonyl (C=O) groups is 1. The maximum atomic E-state index is 11.2. The van der Waals surface area contributed by atoms with Gasteiger partial charge in [-0.15, -0.1) is 5.10 Å². The summed E-state index contributed by atoms with van der Waals surface area (Å²) >= 11 is 0. The number of anilines is 1. The van der Waals surface area contributed by atoms with Gasteiger partial charge < -0.3 is 21.1 Å². The third-order valence-corrected chi connectivity index (χ3v) is 6.66. The summed E-state index contributed by atoms with van der Waals surface area (Å²) in [5, 5.41) is 12.4. The standard InChI is InChI=1S/C20H26N8O2/c1-10-3-4-27(7-10)13-5-11(2)18-25-19(26-28(18)8-13)20-6-12(9-30-20)14(20)15(21)24-16(22)17(23)29/h5,8,10,12,14H,3-4,6-7,9H2,1-2H3,(H2,23,29)(H3,21,22,24). The Morgan fingerprint density at radius 3 is 2.90 bits per heavy atom. The number of nitrogens with two attached hydrogens (primary N) is 2. The van der Waals surface area contributed by atoms with Crippen LogP contribution in [-0.4, -0.2) is 51.9 Å². The molecule has 4 aliphatic rings. The first-order valence-corrected chi connectivity index (χ1v) is 10.3. The molecule has 30 heavy (non-hydrogen) atoms. The number of primary amides is 1. The lowest BCUT2D eigenvalue weighted by Crippen LogP contribution is -2.52. The molecule has 0 aromatic carbocycles. The first-order valence-electron chi connectivity index (χ1n) is 10.3. The van der Waals surface area contributed by atoms with Crippen molar-refractivity contribution in [2.45, 2.75) is 32.3 Å². The smallest absolute Gasteiger partial charge is 0.285 e. The maximum absolute atomic E-state index is 11.2. The second kappa shape index (κ2) is 6.49. The molecule has 2 aromatic rings. The maximum Gasteiger partial charge on any atom is 0.285 e. The van der Waals surface area contributed by atoms with E-state index in [2.05, 4.69) is 22.9 Å². The number of fused-ring (bicyclic) bond motifs is 2. The highest BCUT2D eigenvalue weighted by atomic mass is 16.5. The van der Waals surface area contributed by atoms with Crippen LogP contribution in [0.4, 0.5) is 5.69 Å². The topological polar surface area (TPSA) is 148 Å². The van der Waals surface area contributed by atoms with Crippen LogP contribution < -0.4 is 16.4 Å². The fourth-order valence-electron chi connectivity index (χ4n) is 5.10. The first-order chi connectivity index (χ1) is 14.3. The molecule has 4 fully saturated rings. The molecule has 6 rings (SSSR count). The van der Waals surface area contributed by atoms with E-state index in [1.165, 1.54) is 6.42 Å². The number of aryl methyl sites for hydroxylation is 1. The molecule has 158 valence electrons. The van der Waals surface area contributed by atoms with E-state index in [9.17, 15) is 4.79 Å². The lowest BCUT2D eigenvalue weighted by molar-refractivity contribution is -0.112. The van der Waals surface area contributed by atoms with Gasteiger partial charge in [0, 0.05) is 13.1 Å². The first kappa shape index (κ1) is 19.0. The van der Waals surface area contributed by atoms with E-state index in [1.54, 1.807) is 0 Å². The van der Waals surface area contributed by atoms with Gasteiger partial charge in [-0.25, -0.2) is 14.5 Å². The Bertz CT molecular complexity index is 1090. The minimum absolute atomic E-state index is 0.170. The van der Waals surface area contributed by atoms with Gasteiger partial charge >= 0.3 is 0 Å². The van der Waals surface area contributed by atoms with E-state index in [1.807, 2.05) is 17.6 Å². The Hall–Kier alpha value is -3.01. The predicted molar refractivity (Wildman–Crippen MR) is 111 cm³/mol. The molecule has 1 aliphatic carbocycles. The fourth-order valence-corrected chi connectivity index (χ4v) is 5.10. The van der Waals surface area contributed by atoms with Gasteiger partial charge in [-0.05, 0) is 43.2 Å². The number of nitrogens with one attached hydrogen (secondary N) is 1. The number of ether oxygens (including phenoxy) is 1. The van der Waals surface area contributed by atoms with Gasteiger partial charge in [-0.1, -0.05) is 6.92 Å². The molecule has 2 bridgehead atoms. The zero-order chi connectivity index (χ0) is 21.2. The number of nitrogens with zero attached hydrogens (tertiary/aromatic N) is 5. The van der Waals surface area contributed by atoms with Crippen LogP contribution in [0.25, 0.3) is 5.65 Å². The highest BCUT2D eigenvalue weighted by Crippen LogP contribution is 2.59. The van der Waals surface area contributed by atoms with Crippen molar-refractivity contribution in [3.05, 3.63) is 23.7 Å². The molecule has 0 radical (unpaired) electrons. The Morgan fingerprint density at radius 2 is 2.23 bits per heavy atom. The number of pyridine rings is 1. The number of hydrogen-bond donors (Lipinski definition) is 3. The van der Waals surface area contributed by atoms with E-state index in [-0.39, 0.29) is 17.7 Å². The predicted octanol–water partition coefficient (Wildman–Crippen LogP) is 0.565. The van der Waals surface area contributed by atoms with Crippen molar-refractivity contribution in [2.75, 3.05) is 24.6 Å². The van der Waals surface area contributed by atoms with E-state index >= 15 is 0 Å². The van der Waals surface area contributed by atoms with Crippen LogP contribution in [0.2, 0.25) is 0 Å². The van der Waals surface area contributed by atoms with E-state index in [0.717, 1.165) is 36.4 Å². The van der Waals surface area contributed by atoms with Crippen molar-refractivity contribution in [2.24, 2.45) is 34.2 Å². The highest BCUT2D eigenvalue weighted by Gasteiger charge is 2.65. The highest BCUT2D eigenvalue weighted by molar-refractivity contribution is 6.38. The molecule has 4 unspecified atom stereocenters. The molecule has 3 saturated heterocycles. The van der Waals surface area contributed by atoms with Crippen molar-refractivity contribution in [3.63, 3.8) is 0 Å². The molecular formula is C20H26N8O2. The van der Waals surface area contributed by atoms with E-state index < -0.39 is 17.3 Å². The number of amidine groups is 2. The third kappa shape index (κ3) is 2.70. The minimum atomic E-state index is -0.912. The molecule has 5 N–H and O–H groups in total. The summed E-state index contributed by atoms with van der Waals surface area (Å²) in [6, 6.07) is 2.16. The average molecular weight is 410 g/mol. The van der Waals surface area contributed by atoms with Crippen LogP contribution in [0.1, 0.15) is 31.2 Å². The average Bonchev–Trinajstić information content (AvgIpc) is 3.43. The van der Waals surface area contributed by atoms with Gasteiger partial charge in [-0.3, -0.25) is 10.2 Å². The summed E-state index contributed by atoms with van der Waals surface area (Å²) in [5.41, 5.74) is 13.5. The van der Waals surface area contributed by atoms with Gasteiger partial charge in [0.1, 0.15) is 11.4 Å². The van der Waals surface area contributed by atoms with Crippen LogP contribution in [0.15, 0.2) is 17.3 Å². The summed E-state index contributed by atoms with van der Waals surface area (Å²) in [7, 11) is 0. The number of amides is 1. The van der Waals surface area contributed by atoms with Crippen LogP contribution in [-0.2, 0) is 15.1 Å². The molecule has 1 amide bonds. The molecule has 2 aromatic heterocycles. The third-order valence-electron chi connectivity index (χ3n) is 6.66. The lowest BCUT2D eigenvalue weighted by atomic mass is 9.63. The van der Waals surface area contributed by atoms with E-state index in [0.29, 0.717) is 18.3 Å². The van der Waals surface area contributed by atoms with E-state index in [4.69, 9.17) is 31.7 Å². The van der Waals surface area contributed by atoms with Crippen LogP contribution in [0.3, 0.4) is 0 Å². The zero-order valence-electron chi connectivity index (χ0n) is 17.1. The summed E-state index contributed by atoms with van der Waals surface area (Å²) < 4.78 is 7.92. The van der Waals surface area contributed by atoms with Crippen LogP contribution >= 0.6 is 0 Å². The second-order valence-electron chi connectivity index (χ2n) is 8.82. The molecule has 10 nitrogen and oxygen atoms in total. The van der Waals surface area contributed by atoms with Crippen molar-refractivity contribution < 1.29 is 9.53 Å². The quantitative estimate of drug-likeness (QED) is 0.497. The number of aliphatic imine (C=N–C) groups is 1. The van der Waals surface area contributed by atoms with Gasteiger partial charge in [0.15, 0.2) is 11.5 Å². The Morgan fingerprint density at radius 1 is 1.43 bits per heavy atom. The molecule has 1 saturated carbocycles. The Kier molecular flexibility index (Phi) is 4.11. The van der Waals surface area contributed by atoms with Crippen LogP contribution in [0.5, 0.6) is 0 Å². The molecular weight excluding hydrogens is 384 g/mol. The lowest BCUT2D eigenvalue weighted by Gasteiger charge is -2.42. The van der Waals surface area contributed by atoms with Crippen molar-refractivity contribution in [1.29, 1.82) is 5.41 Å². The van der Waals surface area contributed by atoms with Gasteiger partial charge in [0.25, 0.3) is 5.91 Å². The number of hydrogen-bond acceptors (Lipinski definition) is 6. The normalized spacial score (nSPS) is 30.7. The van der Waals surface area contributed by atoms with Gasteiger partial charge in [-0.2, -0.15) is 0 Å². The SMILES string of the molecule is Cc1cc(N2CCC(C)C2)cn2nc(C34CC(CO3)C4C(N)=NC(=N)C(N)=O)nc12. The monoisotopic (exact) mass is 410 g/mol.